The molecule has 2 unspecified atom stereocenters. The van der Waals surface area contributed by atoms with Crippen molar-refractivity contribution >= 4 is 11.8 Å². The second-order valence-corrected chi connectivity index (χ2v) is 5.72. The van der Waals surface area contributed by atoms with Gasteiger partial charge in [-0.15, -0.1) is 0 Å². The Bertz CT molecular complexity index is 574. The van der Waals surface area contributed by atoms with E-state index in [2.05, 4.69) is 10.6 Å². The smallest absolute Gasteiger partial charge is 0.393 e. The molecule has 2 amide bonds. The molecule has 134 valence electrons. The van der Waals surface area contributed by atoms with E-state index in [4.69, 9.17) is 0 Å². The Morgan fingerprint density at radius 1 is 1.17 bits per heavy atom. The lowest BCUT2D eigenvalue weighted by Gasteiger charge is -2.15. The summed E-state index contributed by atoms with van der Waals surface area (Å²) in [6, 6.07) is 4.38. The van der Waals surface area contributed by atoms with Crippen LogP contribution < -0.4 is 10.6 Å². The zero-order valence-corrected chi connectivity index (χ0v) is 13.5. The van der Waals surface area contributed by atoms with Gasteiger partial charge in [-0.25, -0.2) is 0 Å². The highest BCUT2D eigenvalue weighted by atomic mass is 19.4. The van der Waals surface area contributed by atoms with E-state index in [0.29, 0.717) is 13.0 Å². The Hall–Kier alpha value is -2.09. The standard InChI is InChI=1S/C16H21F3N2O3/c1-10(7-11(2)22)8-20-14(23)9-21-15(24)12-5-3-4-6-13(12)16(17,18)19/h3-6,10-11,22H,7-9H2,1-2H3,(H,20,23)(H,21,24). The topological polar surface area (TPSA) is 78.4 Å². The second-order valence-electron chi connectivity index (χ2n) is 5.72. The molecule has 0 saturated heterocycles. The van der Waals surface area contributed by atoms with Gasteiger partial charge < -0.3 is 15.7 Å². The van der Waals surface area contributed by atoms with E-state index >= 15 is 0 Å². The van der Waals surface area contributed by atoms with Crippen molar-refractivity contribution in [2.45, 2.75) is 32.5 Å². The minimum Gasteiger partial charge on any atom is -0.393 e. The lowest BCUT2D eigenvalue weighted by molar-refractivity contribution is -0.137. The molecule has 1 aromatic carbocycles. The summed E-state index contributed by atoms with van der Waals surface area (Å²) in [6.07, 6.45) is -4.63. The predicted molar refractivity (Wildman–Crippen MR) is 82.2 cm³/mol. The monoisotopic (exact) mass is 346 g/mol. The average molecular weight is 346 g/mol. The van der Waals surface area contributed by atoms with Gasteiger partial charge >= 0.3 is 6.18 Å². The SMILES string of the molecule is CC(O)CC(C)CNC(=O)CNC(=O)c1ccccc1C(F)(F)F. The maximum atomic E-state index is 12.8. The van der Waals surface area contributed by atoms with Gasteiger partial charge in [-0.05, 0) is 31.4 Å². The molecular formula is C16H21F3N2O3. The summed E-state index contributed by atoms with van der Waals surface area (Å²) in [5, 5.41) is 13.9. The number of rotatable bonds is 7. The van der Waals surface area contributed by atoms with E-state index in [0.717, 1.165) is 12.1 Å². The molecule has 2 atom stereocenters. The van der Waals surface area contributed by atoms with Crippen LogP contribution in [0.1, 0.15) is 36.2 Å². The minimum atomic E-state index is -4.65. The first-order valence-corrected chi connectivity index (χ1v) is 7.50. The van der Waals surface area contributed by atoms with Crippen LogP contribution in [0.2, 0.25) is 0 Å². The number of benzene rings is 1. The number of hydrogen-bond donors (Lipinski definition) is 3. The number of hydrogen-bond acceptors (Lipinski definition) is 3. The van der Waals surface area contributed by atoms with Gasteiger partial charge in [-0.1, -0.05) is 19.1 Å². The lowest BCUT2D eigenvalue weighted by Crippen LogP contribution is -2.39. The summed E-state index contributed by atoms with van der Waals surface area (Å²) < 4.78 is 38.5. The van der Waals surface area contributed by atoms with Gasteiger partial charge in [-0.2, -0.15) is 13.2 Å². The molecule has 8 heteroatoms. The van der Waals surface area contributed by atoms with Gasteiger partial charge in [0.25, 0.3) is 5.91 Å². The number of aliphatic hydroxyl groups is 1. The van der Waals surface area contributed by atoms with Crippen molar-refractivity contribution in [2.24, 2.45) is 5.92 Å². The zero-order chi connectivity index (χ0) is 18.3. The highest BCUT2D eigenvalue weighted by molar-refractivity contribution is 5.97. The maximum absolute atomic E-state index is 12.8. The maximum Gasteiger partial charge on any atom is 0.417 e. The Morgan fingerprint density at radius 2 is 1.79 bits per heavy atom. The van der Waals surface area contributed by atoms with Crippen LogP contribution >= 0.6 is 0 Å². The van der Waals surface area contributed by atoms with Crippen molar-refractivity contribution in [3.05, 3.63) is 35.4 Å². The highest BCUT2D eigenvalue weighted by Gasteiger charge is 2.34. The van der Waals surface area contributed by atoms with E-state index in [1.54, 1.807) is 6.92 Å². The molecule has 0 bridgehead atoms. The van der Waals surface area contributed by atoms with E-state index in [1.165, 1.54) is 12.1 Å². The van der Waals surface area contributed by atoms with Crippen LogP contribution in [-0.2, 0) is 11.0 Å². The molecule has 24 heavy (non-hydrogen) atoms. The molecule has 5 nitrogen and oxygen atoms in total. The summed E-state index contributed by atoms with van der Waals surface area (Å²) in [4.78, 5) is 23.5. The van der Waals surface area contributed by atoms with E-state index in [1.807, 2.05) is 6.92 Å². The largest absolute Gasteiger partial charge is 0.417 e. The molecule has 0 aliphatic heterocycles. The fourth-order valence-electron chi connectivity index (χ4n) is 2.20. The van der Waals surface area contributed by atoms with Crippen LogP contribution in [-0.4, -0.2) is 36.1 Å². The quantitative estimate of drug-likeness (QED) is 0.706. The van der Waals surface area contributed by atoms with Crippen molar-refractivity contribution in [1.82, 2.24) is 10.6 Å². The third kappa shape index (κ3) is 6.57. The van der Waals surface area contributed by atoms with Crippen LogP contribution in [0, 0.1) is 5.92 Å². The minimum absolute atomic E-state index is 0.0376. The van der Waals surface area contributed by atoms with Crippen molar-refractivity contribution in [2.75, 3.05) is 13.1 Å². The van der Waals surface area contributed by atoms with Crippen molar-refractivity contribution in [3.63, 3.8) is 0 Å². The number of carbonyl (C=O) groups excluding carboxylic acids is 2. The van der Waals surface area contributed by atoms with Crippen LogP contribution in [0.15, 0.2) is 24.3 Å². The van der Waals surface area contributed by atoms with Crippen LogP contribution in [0.5, 0.6) is 0 Å². The second kappa shape index (κ2) is 8.68. The lowest BCUT2D eigenvalue weighted by atomic mass is 10.0. The van der Waals surface area contributed by atoms with Gasteiger partial charge in [0.15, 0.2) is 0 Å². The molecule has 1 aromatic rings. The number of amides is 2. The molecule has 0 radical (unpaired) electrons. The number of carbonyl (C=O) groups is 2. The molecule has 3 N–H and O–H groups in total. The summed E-state index contributed by atoms with van der Waals surface area (Å²) in [5.41, 5.74) is -1.58. The van der Waals surface area contributed by atoms with E-state index in [9.17, 15) is 27.9 Å². The summed E-state index contributed by atoms with van der Waals surface area (Å²) in [7, 11) is 0. The molecule has 0 heterocycles. The fourth-order valence-corrected chi connectivity index (χ4v) is 2.20. The molecule has 0 spiro atoms. The number of aliphatic hydroxyl groups excluding tert-OH is 1. The molecule has 1 rings (SSSR count). The Balaban J connectivity index is 2.54. The average Bonchev–Trinajstić information content (AvgIpc) is 2.49. The number of nitrogens with one attached hydrogen (secondary N) is 2. The third-order valence-corrected chi connectivity index (χ3v) is 3.28. The van der Waals surface area contributed by atoms with E-state index in [-0.39, 0.29) is 5.92 Å². The predicted octanol–water partition coefficient (Wildman–Crippen LogP) is 1.96. The third-order valence-electron chi connectivity index (χ3n) is 3.28. The van der Waals surface area contributed by atoms with Gasteiger partial charge in [0.1, 0.15) is 0 Å². The van der Waals surface area contributed by atoms with Crippen molar-refractivity contribution in [1.29, 1.82) is 0 Å². The normalized spacial score (nSPS) is 13.9. The zero-order valence-electron chi connectivity index (χ0n) is 13.5. The summed E-state index contributed by atoms with van der Waals surface area (Å²) in [6.45, 7) is 3.35. The molecule has 0 aliphatic rings. The molecular weight excluding hydrogens is 325 g/mol. The number of halogens is 3. The van der Waals surface area contributed by atoms with Gasteiger partial charge in [0.05, 0.1) is 23.8 Å². The molecule has 0 aliphatic carbocycles. The van der Waals surface area contributed by atoms with Crippen LogP contribution in [0.4, 0.5) is 13.2 Å². The van der Waals surface area contributed by atoms with Crippen molar-refractivity contribution in [3.8, 4) is 0 Å². The van der Waals surface area contributed by atoms with Gasteiger partial charge in [-0.3, -0.25) is 9.59 Å². The Kier molecular flexibility index (Phi) is 7.21. The first-order chi connectivity index (χ1) is 11.1. The first kappa shape index (κ1) is 20.0. The fraction of sp³-hybridized carbons (Fsp3) is 0.500. The Labute approximate surface area is 138 Å². The molecule has 0 saturated carbocycles. The first-order valence-electron chi connectivity index (χ1n) is 7.50. The highest BCUT2D eigenvalue weighted by Crippen LogP contribution is 2.31. The Morgan fingerprint density at radius 3 is 2.38 bits per heavy atom. The summed E-state index contributed by atoms with van der Waals surface area (Å²) >= 11 is 0. The van der Waals surface area contributed by atoms with Crippen LogP contribution in [0.3, 0.4) is 0 Å². The molecule has 0 aromatic heterocycles. The van der Waals surface area contributed by atoms with Crippen LogP contribution in [0.25, 0.3) is 0 Å². The van der Waals surface area contributed by atoms with Crippen molar-refractivity contribution < 1.29 is 27.9 Å². The molecule has 0 fully saturated rings. The van der Waals surface area contributed by atoms with E-state index < -0.39 is 41.8 Å². The van der Waals surface area contributed by atoms with Gasteiger partial charge in [0.2, 0.25) is 5.91 Å². The summed E-state index contributed by atoms with van der Waals surface area (Å²) in [5.74, 6) is -1.43. The number of alkyl halides is 3. The van der Waals surface area contributed by atoms with Gasteiger partial charge in [0, 0.05) is 6.54 Å².